The van der Waals surface area contributed by atoms with Crippen LogP contribution < -0.4 is 0 Å². The first-order valence-corrected chi connectivity index (χ1v) is 5.30. The lowest BCUT2D eigenvalue weighted by atomic mass is 10.1. The van der Waals surface area contributed by atoms with Crippen LogP contribution in [0.4, 0.5) is 17.6 Å². The Morgan fingerprint density at radius 3 is 2.42 bits per heavy atom. The van der Waals surface area contributed by atoms with Gasteiger partial charge in [0.1, 0.15) is 6.10 Å². The molecule has 0 aromatic heterocycles. The van der Waals surface area contributed by atoms with Crippen molar-refractivity contribution < 1.29 is 36.6 Å². The smallest absolute Gasteiger partial charge is 0.422 e. The zero-order chi connectivity index (χ0) is 14.8. The summed E-state index contributed by atoms with van der Waals surface area (Å²) in [6.45, 7) is 1.67. The van der Waals surface area contributed by atoms with Gasteiger partial charge in [0.05, 0.1) is 0 Å². The number of carbonyl (C=O) groups is 2. The highest BCUT2D eigenvalue weighted by Crippen LogP contribution is 2.55. The van der Waals surface area contributed by atoms with Gasteiger partial charge in [0.25, 0.3) is 6.47 Å². The molecule has 1 aliphatic carbocycles. The van der Waals surface area contributed by atoms with Gasteiger partial charge in [-0.05, 0) is 6.08 Å². The molecule has 0 saturated heterocycles. The Labute approximate surface area is 106 Å². The minimum atomic E-state index is -4.71. The lowest BCUT2D eigenvalue weighted by Crippen LogP contribution is -2.20. The van der Waals surface area contributed by atoms with E-state index in [2.05, 4.69) is 9.47 Å². The maximum atomic E-state index is 13.3. The van der Waals surface area contributed by atoms with Crippen LogP contribution in [0, 0.1) is 11.3 Å². The van der Waals surface area contributed by atoms with E-state index in [9.17, 15) is 27.2 Å². The van der Waals surface area contributed by atoms with Gasteiger partial charge in [-0.2, -0.15) is 17.6 Å². The topological polar surface area (TPSA) is 52.6 Å². The number of carbonyl (C=O) groups excluding carboxylic acids is 2. The quantitative estimate of drug-likeness (QED) is 0.336. The number of hydrogen-bond acceptors (Lipinski definition) is 4. The highest BCUT2D eigenvalue weighted by Gasteiger charge is 2.59. The van der Waals surface area contributed by atoms with E-state index in [0.717, 1.165) is 6.08 Å². The Balaban J connectivity index is 2.58. The Kier molecular flexibility index (Phi) is 4.21. The van der Waals surface area contributed by atoms with Crippen molar-refractivity contribution in [2.45, 2.75) is 26.1 Å². The molecule has 19 heavy (non-hydrogen) atoms. The zero-order valence-corrected chi connectivity index (χ0v) is 10.2. The van der Waals surface area contributed by atoms with Gasteiger partial charge in [0.2, 0.25) is 5.83 Å². The van der Waals surface area contributed by atoms with E-state index < -0.39 is 42.0 Å². The third-order valence-electron chi connectivity index (χ3n) is 2.90. The molecular weight excluding hydrogens is 272 g/mol. The molecule has 0 bridgehead atoms. The number of hydrogen-bond donors (Lipinski definition) is 0. The van der Waals surface area contributed by atoms with Crippen LogP contribution in [0.5, 0.6) is 0 Å². The first-order chi connectivity index (χ1) is 8.59. The molecule has 1 aliphatic rings. The van der Waals surface area contributed by atoms with E-state index in [4.69, 9.17) is 0 Å². The zero-order valence-electron chi connectivity index (χ0n) is 10.2. The monoisotopic (exact) mass is 284 g/mol. The van der Waals surface area contributed by atoms with Gasteiger partial charge >= 0.3 is 12.1 Å². The molecule has 1 fully saturated rings. The minimum Gasteiger partial charge on any atom is -0.463 e. The van der Waals surface area contributed by atoms with Crippen molar-refractivity contribution >= 4 is 12.4 Å². The van der Waals surface area contributed by atoms with Gasteiger partial charge in [0.15, 0.2) is 6.61 Å². The minimum absolute atomic E-state index is 0.195. The normalized spacial score (nSPS) is 25.7. The van der Waals surface area contributed by atoms with Crippen LogP contribution >= 0.6 is 0 Å². The van der Waals surface area contributed by atoms with Crippen molar-refractivity contribution in [1.82, 2.24) is 0 Å². The van der Waals surface area contributed by atoms with Crippen molar-refractivity contribution in [2.75, 3.05) is 6.61 Å². The Bertz CT molecular complexity index is 400. The average Bonchev–Trinajstić information content (AvgIpc) is 2.77. The van der Waals surface area contributed by atoms with Crippen LogP contribution in [-0.2, 0) is 19.1 Å². The van der Waals surface area contributed by atoms with Gasteiger partial charge in [-0.25, -0.2) is 4.79 Å². The van der Waals surface area contributed by atoms with Gasteiger partial charge in [0, 0.05) is 11.3 Å². The Morgan fingerprint density at radius 2 is 1.95 bits per heavy atom. The average molecular weight is 284 g/mol. The molecule has 1 rings (SSSR count). The van der Waals surface area contributed by atoms with E-state index in [0.29, 0.717) is 0 Å². The van der Waals surface area contributed by atoms with Crippen molar-refractivity contribution in [3.8, 4) is 0 Å². The van der Waals surface area contributed by atoms with E-state index in [1.165, 1.54) is 0 Å². The second-order valence-electron chi connectivity index (χ2n) is 4.71. The molecule has 0 spiro atoms. The maximum Gasteiger partial charge on any atom is 0.422 e. The fourth-order valence-electron chi connectivity index (χ4n) is 1.69. The first-order valence-electron chi connectivity index (χ1n) is 5.30. The summed E-state index contributed by atoms with van der Waals surface area (Å²) in [6.07, 6.45) is -4.50. The summed E-state index contributed by atoms with van der Waals surface area (Å²) < 4.78 is 57.0. The predicted molar refractivity (Wildman–Crippen MR) is 54.4 cm³/mol. The number of ether oxygens (including phenoxy) is 2. The van der Waals surface area contributed by atoms with Crippen LogP contribution in [0.2, 0.25) is 0 Å². The lowest BCUT2D eigenvalue weighted by Gasteiger charge is -2.06. The second kappa shape index (κ2) is 5.18. The fraction of sp³-hybridized carbons (Fsp3) is 0.636. The molecule has 2 atom stereocenters. The Hall–Kier alpha value is -1.60. The predicted octanol–water partition coefficient (Wildman–Crippen LogP) is 2.14. The number of halogens is 4. The maximum absolute atomic E-state index is 13.3. The highest BCUT2D eigenvalue weighted by molar-refractivity contribution is 5.86. The molecular formula is C11H12F4O4. The van der Waals surface area contributed by atoms with Crippen LogP contribution in [0.15, 0.2) is 11.9 Å². The van der Waals surface area contributed by atoms with Crippen molar-refractivity contribution in [3.63, 3.8) is 0 Å². The largest absolute Gasteiger partial charge is 0.463 e. The Morgan fingerprint density at radius 1 is 1.37 bits per heavy atom. The third kappa shape index (κ3) is 3.93. The summed E-state index contributed by atoms with van der Waals surface area (Å²) in [5.41, 5.74) is -0.567. The molecule has 4 nitrogen and oxygen atoms in total. The van der Waals surface area contributed by atoms with Gasteiger partial charge in [-0.15, -0.1) is 0 Å². The summed E-state index contributed by atoms with van der Waals surface area (Å²) in [7, 11) is 0. The molecule has 0 N–H and O–H groups in total. The second-order valence-corrected chi connectivity index (χ2v) is 4.71. The number of rotatable bonds is 5. The summed E-state index contributed by atoms with van der Waals surface area (Å²) in [5.74, 6) is -3.69. The number of alkyl halides is 3. The molecule has 0 amide bonds. The van der Waals surface area contributed by atoms with Gasteiger partial charge < -0.3 is 9.47 Å². The third-order valence-corrected chi connectivity index (χ3v) is 2.90. The lowest BCUT2D eigenvalue weighted by molar-refractivity contribution is -0.184. The van der Waals surface area contributed by atoms with Gasteiger partial charge in [-0.1, -0.05) is 13.8 Å². The van der Waals surface area contributed by atoms with E-state index >= 15 is 0 Å². The SMILES string of the molecule is CC1(C)C(C=C(F)C(=O)OCC(F)(F)F)C1OC=O. The molecule has 0 aromatic carbocycles. The molecule has 0 radical (unpaired) electrons. The van der Waals surface area contributed by atoms with Crippen molar-refractivity contribution in [3.05, 3.63) is 11.9 Å². The van der Waals surface area contributed by atoms with Crippen LogP contribution in [0.3, 0.4) is 0 Å². The van der Waals surface area contributed by atoms with Crippen LogP contribution in [-0.4, -0.2) is 31.3 Å². The summed E-state index contributed by atoms with van der Waals surface area (Å²) >= 11 is 0. The van der Waals surface area contributed by atoms with Crippen LogP contribution in [0.1, 0.15) is 13.8 Å². The molecule has 8 heteroatoms. The van der Waals surface area contributed by atoms with E-state index in [1.807, 2.05) is 0 Å². The standard InChI is InChI=1S/C11H12F4O4/c1-10(2)6(8(10)19-5-16)3-7(12)9(17)18-4-11(13,14)15/h3,5-6,8H,4H2,1-2H3. The van der Waals surface area contributed by atoms with Crippen molar-refractivity contribution in [2.24, 2.45) is 11.3 Å². The fourth-order valence-corrected chi connectivity index (χ4v) is 1.69. The number of esters is 1. The summed E-state index contributed by atoms with van der Waals surface area (Å²) in [6, 6.07) is 0. The molecule has 1 saturated carbocycles. The molecule has 0 aliphatic heterocycles. The van der Waals surface area contributed by atoms with Gasteiger partial charge in [-0.3, -0.25) is 4.79 Å². The van der Waals surface area contributed by atoms with Crippen molar-refractivity contribution in [1.29, 1.82) is 0 Å². The summed E-state index contributed by atoms with van der Waals surface area (Å²) in [5, 5.41) is 0. The molecule has 2 unspecified atom stereocenters. The molecule has 108 valence electrons. The van der Waals surface area contributed by atoms with E-state index in [-0.39, 0.29) is 6.47 Å². The highest BCUT2D eigenvalue weighted by atomic mass is 19.4. The molecule has 0 aromatic rings. The van der Waals surface area contributed by atoms with E-state index in [1.54, 1.807) is 13.8 Å². The molecule has 0 heterocycles. The first kappa shape index (κ1) is 15.5. The van der Waals surface area contributed by atoms with Crippen LogP contribution in [0.25, 0.3) is 0 Å². The summed E-state index contributed by atoms with van der Waals surface area (Å²) in [4.78, 5) is 21.1.